The maximum Gasteiger partial charge on any atom is 0.00920 e. The van der Waals surface area contributed by atoms with E-state index in [0.717, 1.165) is 12.0 Å². The van der Waals surface area contributed by atoms with Crippen LogP contribution in [-0.4, -0.2) is 0 Å². The summed E-state index contributed by atoms with van der Waals surface area (Å²) in [5.74, 6) is 1.65. The Morgan fingerprint density at radius 2 is 2.00 bits per heavy atom. The molecule has 0 aromatic heterocycles. The molecule has 0 fully saturated rings. The molecule has 2 atom stereocenters. The molecule has 0 aliphatic heterocycles. The zero-order chi connectivity index (χ0) is 18.8. The molecular formula is C24H35Cl. The van der Waals surface area contributed by atoms with Crippen LogP contribution in [0.5, 0.6) is 0 Å². The maximum absolute atomic E-state index is 5.93. The van der Waals surface area contributed by atoms with Crippen LogP contribution >= 0.6 is 11.6 Å². The van der Waals surface area contributed by atoms with Crippen molar-refractivity contribution in [2.45, 2.75) is 60.3 Å². The van der Waals surface area contributed by atoms with Crippen LogP contribution in [-0.2, 0) is 0 Å². The van der Waals surface area contributed by atoms with Crippen LogP contribution in [0.4, 0.5) is 0 Å². The average Bonchev–Trinajstić information content (AvgIpc) is 2.72. The van der Waals surface area contributed by atoms with Crippen LogP contribution in [0.15, 0.2) is 70.9 Å². The van der Waals surface area contributed by atoms with Gasteiger partial charge < -0.3 is 0 Å². The number of allylic oxidation sites excluding steroid dienone is 10. The van der Waals surface area contributed by atoms with Crippen molar-refractivity contribution in [3.63, 3.8) is 0 Å². The Morgan fingerprint density at radius 1 is 1.28 bits per heavy atom. The molecular weight excluding hydrogens is 324 g/mol. The molecule has 1 unspecified atom stereocenters. The van der Waals surface area contributed by atoms with Gasteiger partial charge in [0.05, 0.1) is 0 Å². The molecule has 1 rings (SSSR count). The number of halogens is 1. The summed E-state index contributed by atoms with van der Waals surface area (Å²) < 4.78 is 0. The first kappa shape index (κ1) is 21.8. The smallest absolute Gasteiger partial charge is 0.00920 e. The van der Waals surface area contributed by atoms with Crippen LogP contribution in [0.2, 0.25) is 0 Å². The lowest BCUT2D eigenvalue weighted by molar-refractivity contribution is 0.562. The summed E-state index contributed by atoms with van der Waals surface area (Å²) in [6, 6.07) is 0. The largest absolute Gasteiger partial charge is 0.0988 e. The van der Waals surface area contributed by atoms with Crippen LogP contribution < -0.4 is 0 Å². The van der Waals surface area contributed by atoms with Crippen molar-refractivity contribution in [3.8, 4) is 0 Å². The Labute approximate surface area is 160 Å². The molecule has 0 nitrogen and oxygen atoms in total. The first-order valence-corrected chi connectivity index (χ1v) is 10.0. The fourth-order valence-electron chi connectivity index (χ4n) is 3.52. The van der Waals surface area contributed by atoms with Gasteiger partial charge in [-0.15, -0.1) is 0 Å². The third-order valence-corrected chi connectivity index (χ3v) is 5.17. The predicted octanol–water partition coefficient (Wildman–Crippen LogP) is 8.15. The standard InChI is InChI=1S/C24H35Cl/c1-7-11-21(16-19(5)17-25)23-14-10-13-20(6)22(8-2)24(23)15-9-12-18(3)4/h7-9,11,15-18,20,23H,2,10,12-14H2,1,3-6H3/b11-7-,15-9-,19-17+,21-16+/t20-,23?/m0/s1. The van der Waals surface area contributed by atoms with Gasteiger partial charge in [-0.25, -0.2) is 0 Å². The Morgan fingerprint density at radius 3 is 2.56 bits per heavy atom. The Balaban J connectivity index is 3.44. The highest BCUT2D eigenvalue weighted by Gasteiger charge is 2.24. The van der Waals surface area contributed by atoms with E-state index < -0.39 is 0 Å². The number of hydrogen-bond acceptors (Lipinski definition) is 0. The fourth-order valence-corrected chi connectivity index (χ4v) is 3.58. The van der Waals surface area contributed by atoms with Crippen molar-refractivity contribution in [2.24, 2.45) is 17.8 Å². The minimum absolute atomic E-state index is 0.407. The molecule has 0 spiro atoms. The van der Waals surface area contributed by atoms with Crippen molar-refractivity contribution in [1.82, 2.24) is 0 Å². The van der Waals surface area contributed by atoms with Crippen LogP contribution in [0.25, 0.3) is 0 Å². The maximum atomic E-state index is 5.93. The molecule has 0 heterocycles. The van der Waals surface area contributed by atoms with E-state index in [1.807, 2.05) is 0 Å². The van der Waals surface area contributed by atoms with Gasteiger partial charge in [0.2, 0.25) is 0 Å². The molecule has 0 bridgehead atoms. The van der Waals surface area contributed by atoms with Gasteiger partial charge in [0.15, 0.2) is 0 Å². The monoisotopic (exact) mass is 358 g/mol. The van der Waals surface area contributed by atoms with Gasteiger partial charge in [-0.3, -0.25) is 0 Å². The minimum atomic E-state index is 0.407. The van der Waals surface area contributed by atoms with Gasteiger partial charge in [-0.05, 0) is 67.2 Å². The molecule has 0 saturated heterocycles. The molecule has 0 saturated carbocycles. The molecule has 0 N–H and O–H groups in total. The topological polar surface area (TPSA) is 0 Å². The van der Waals surface area contributed by atoms with Gasteiger partial charge in [-0.2, -0.15) is 0 Å². The van der Waals surface area contributed by atoms with Gasteiger partial charge >= 0.3 is 0 Å². The predicted molar refractivity (Wildman–Crippen MR) is 115 cm³/mol. The second-order valence-electron chi connectivity index (χ2n) is 7.53. The van der Waals surface area contributed by atoms with Gasteiger partial charge in [0, 0.05) is 11.5 Å². The summed E-state index contributed by atoms with van der Waals surface area (Å²) in [4.78, 5) is 0. The number of rotatable bonds is 7. The van der Waals surface area contributed by atoms with E-state index in [2.05, 4.69) is 77.7 Å². The summed E-state index contributed by atoms with van der Waals surface area (Å²) in [7, 11) is 0. The molecule has 1 aliphatic carbocycles. The second kappa shape index (κ2) is 11.4. The first-order valence-electron chi connectivity index (χ1n) is 9.58. The SMILES string of the molecule is C=CC1=C(/C=C\CC(C)C)C(C(/C=C\C)=C/C(C)=C/Cl)CCC[C@@H]1C. The molecule has 0 radical (unpaired) electrons. The second-order valence-corrected chi connectivity index (χ2v) is 7.75. The van der Waals surface area contributed by atoms with Gasteiger partial charge in [0.25, 0.3) is 0 Å². The van der Waals surface area contributed by atoms with E-state index in [0.29, 0.717) is 17.8 Å². The van der Waals surface area contributed by atoms with Crippen LogP contribution in [0.3, 0.4) is 0 Å². The number of hydrogen-bond donors (Lipinski definition) is 0. The van der Waals surface area contributed by atoms with Crippen molar-refractivity contribution in [1.29, 1.82) is 0 Å². The van der Waals surface area contributed by atoms with Crippen molar-refractivity contribution < 1.29 is 0 Å². The van der Waals surface area contributed by atoms with E-state index in [4.69, 9.17) is 11.6 Å². The average molecular weight is 359 g/mol. The lowest BCUT2D eigenvalue weighted by Crippen LogP contribution is -2.08. The highest BCUT2D eigenvalue weighted by molar-refractivity contribution is 6.25. The van der Waals surface area contributed by atoms with Gasteiger partial charge in [-0.1, -0.05) is 81.8 Å². The summed E-state index contributed by atoms with van der Waals surface area (Å²) in [5, 5.41) is 0. The molecule has 1 heteroatoms. The van der Waals surface area contributed by atoms with Crippen molar-refractivity contribution in [2.75, 3.05) is 0 Å². The van der Waals surface area contributed by atoms with Gasteiger partial charge in [0.1, 0.15) is 0 Å². The minimum Gasteiger partial charge on any atom is -0.0988 e. The highest BCUT2D eigenvalue weighted by Crippen LogP contribution is 2.38. The zero-order valence-corrected chi connectivity index (χ0v) is 17.4. The lowest BCUT2D eigenvalue weighted by atomic mass is 9.83. The molecule has 0 amide bonds. The van der Waals surface area contributed by atoms with E-state index in [9.17, 15) is 0 Å². The molecule has 0 aromatic carbocycles. The van der Waals surface area contributed by atoms with E-state index in [1.165, 1.54) is 36.0 Å². The lowest BCUT2D eigenvalue weighted by Gasteiger charge is -2.22. The summed E-state index contributed by atoms with van der Waals surface area (Å²) in [6.07, 6.45) is 18.1. The molecule has 0 aromatic rings. The summed E-state index contributed by atoms with van der Waals surface area (Å²) in [5.41, 5.74) is 6.94. The molecule has 1 aliphatic rings. The van der Waals surface area contributed by atoms with Crippen molar-refractivity contribution >= 4 is 11.6 Å². The fraction of sp³-hybridized carbons (Fsp3) is 0.500. The molecule has 138 valence electrons. The third kappa shape index (κ3) is 6.86. The third-order valence-electron chi connectivity index (χ3n) is 4.82. The highest BCUT2D eigenvalue weighted by atomic mass is 35.5. The van der Waals surface area contributed by atoms with Crippen LogP contribution in [0, 0.1) is 17.8 Å². The van der Waals surface area contributed by atoms with Crippen molar-refractivity contribution in [3.05, 3.63) is 70.9 Å². The normalized spacial score (nSPS) is 23.8. The summed E-state index contributed by atoms with van der Waals surface area (Å²) >= 11 is 5.93. The Hall–Kier alpha value is -1.27. The quantitative estimate of drug-likeness (QED) is 0.402. The Bertz CT molecular complexity index is 581. The van der Waals surface area contributed by atoms with Crippen LogP contribution in [0.1, 0.15) is 60.3 Å². The Kier molecular flexibility index (Phi) is 9.90. The van der Waals surface area contributed by atoms with E-state index in [1.54, 1.807) is 5.54 Å². The molecule has 25 heavy (non-hydrogen) atoms. The van der Waals surface area contributed by atoms with E-state index in [-0.39, 0.29) is 0 Å². The van der Waals surface area contributed by atoms with E-state index >= 15 is 0 Å². The first-order chi connectivity index (χ1) is 11.9. The zero-order valence-electron chi connectivity index (χ0n) is 16.7. The summed E-state index contributed by atoms with van der Waals surface area (Å²) in [6.45, 7) is 15.1.